The number of para-hydroxylation sites is 1. The van der Waals surface area contributed by atoms with Gasteiger partial charge in [-0.1, -0.05) is 43.4 Å². The molecule has 0 saturated heterocycles. The maximum Gasteiger partial charge on any atom is 0.0765 e. The van der Waals surface area contributed by atoms with Crippen LogP contribution in [0, 0.1) is 11.3 Å². The lowest BCUT2D eigenvalue weighted by molar-refractivity contribution is 0.174. The van der Waals surface area contributed by atoms with Crippen LogP contribution in [0.5, 0.6) is 0 Å². The van der Waals surface area contributed by atoms with Gasteiger partial charge in [0.2, 0.25) is 0 Å². The highest BCUT2D eigenvalue weighted by Crippen LogP contribution is 2.52. The van der Waals surface area contributed by atoms with E-state index in [9.17, 15) is 0 Å². The number of hydrogen-bond acceptors (Lipinski definition) is 2. The van der Waals surface area contributed by atoms with E-state index in [1.165, 1.54) is 16.5 Å². The first-order valence-electron chi connectivity index (χ1n) is 8.44. The van der Waals surface area contributed by atoms with Crippen molar-refractivity contribution >= 4 is 28.3 Å². The summed E-state index contributed by atoms with van der Waals surface area (Å²) >= 11 is 4.98. The van der Waals surface area contributed by atoms with Crippen molar-refractivity contribution in [2.24, 2.45) is 16.3 Å². The zero-order chi connectivity index (χ0) is 17.3. The third-order valence-electron chi connectivity index (χ3n) is 5.71. The zero-order valence-electron chi connectivity index (χ0n) is 14.4. The molecule has 1 aromatic heterocycles. The van der Waals surface area contributed by atoms with Gasteiger partial charge >= 0.3 is 0 Å². The molecular formula is C21H24N2S. The number of aromatic amines is 1. The van der Waals surface area contributed by atoms with Crippen molar-refractivity contribution in [1.29, 1.82) is 0 Å². The Morgan fingerprint density at radius 1 is 1.46 bits per heavy atom. The third kappa shape index (κ3) is 2.68. The van der Waals surface area contributed by atoms with Gasteiger partial charge in [-0.25, -0.2) is 4.99 Å². The van der Waals surface area contributed by atoms with Crippen LogP contribution in [0.15, 0.2) is 60.3 Å². The molecule has 0 unspecified atom stereocenters. The Morgan fingerprint density at radius 2 is 2.21 bits per heavy atom. The molecule has 1 saturated carbocycles. The molecular weight excluding hydrogens is 312 g/mol. The number of allylic oxidation sites excluding steroid dienone is 1. The Labute approximate surface area is 149 Å². The lowest BCUT2D eigenvalue weighted by atomic mass is 9.59. The monoisotopic (exact) mass is 336 g/mol. The quantitative estimate of drug-likeness (QED) is 0.420. The standard InChI is InChI=1S/C21H24N2S/c1-5-21(4)11-10-15(14(2)3)19(20(21)23-13-24)17-12-22-18-9-7-6-8-16(17)18/h5-9,12,15,19-20,22H,1-2,10-11H2,3-4H3/t15-,19+,20-,21+/m1/s1. The highest BCUT2D eigenvalue weighted by atomic mass is 32.1. The fourth-order valence-electron chi connectivity index (χ4n) is 4.24. The second kappa shape index (κ2) is 6.51. The molecule has 2 aromatic rings. The number of hydrogen-bond donors (Lipinski definition) is 1. The zero-order valence-corrected chi connectivity index (χ0v) is 15.2. The van der Waals surface area contributed by atoms with E-state index in [0.717, 1.165) is 18.4 Å². The summed E-state index contributed by atoms with van der Waals surface area (Å²) in [5.41, 5.74) is 3.58. The number of isothiocyanates is 1. The van der Waals surface area contributed by atoms with Gasteiger partial charge in [-0.2, -0.15) is 0 Å². The largest absolute Gasteiger partial charge is 0.361 e. The second-order valence-electron chi connectivity index (χ2n) is 7.18. The maximum atomic E-state index is 4.98. The van der Waals surface area contributed by atoms with Crippen molar-refractivity contribution in [1.82, 2.24) is 4.98 Å². The van der Waals surface area contributed by atoms with Gasteiger partial charge in [-0.05, 0) is 49.5 Å². The molecule has 0 amide bonds. The number of thiocarbonyl (C=S) groups is 1. The molecule has 1 heterocycles. The van der Waals surface area contributed by atoms with Crippen molar-refractivity contribution in [3.63, 3.8) is 0 Å². The maximum absolute atomic E-state index is 4.98. The van der Waals surface area contributed by atoms with Gasteiger partial charge in [-0.15, -0.1) is 6.58 Å². The van der Waals surface area contributed by atoms with Gasteiger partial charge in [0, 0.05) is 28.4 Å². The van der Waals surface area contributed by atoms with E-state index in [-0.39, 0.29) is 17.4 Å². The predicted octanol–water partition coefficient (Wildman–Crippen LogP) is 5.90. The number of H-pyrrole nitrogens is 1. The normalized spacial score (nSPS) is 29.8. The summed E-state index contributed by atoms with van der Waals surface area (Å²) in [5, 5.41) is 3.90. The Kier molecular flexibility index (Phi) is 4.58. The minimum absolute atomic E-state index is 0.0298. The summed E-state index contributed by atoms with van der Waals surface area (Å²) in [5.74, 6) is 0.611. The number of fused-ring (bicyclic) bond motifs is 1. The number of aromatic nitrogens is 1. The highest BCUT2D eigenvalue weighted by Gasteiger charge is 2.46. The van der Waals surface area contributed by atoms with Crippen LogP contribution in [-0.2, 0) is 0 Å². The van der Waals surface area contributed by atoms with Gasteiger partial charge in [0.15, 0.2) is 0 Å². The number of nitrogens with one attached hydrogen (secondary N) is 1. The smallest absolute Gasteiger partial charge is 0.0765 e. The minimum atomic E-state index is -0.0825. The number of aliphatic imine (C=N–C) groups is 1. The van der Waals surface area contributed by atoms with Crippen LogP contribution < -0.4 is 0 Å². The molecule has 124 valence electrons. The van der Waals surface area contributed by atoms with Crippen molar-refractivity contribution in [2.45, 2.75) is 38.6 Å². The van der Waals surface area contributed by atoms with E-state index < -0.39 is 0 Å². The number of rotatable bonds is 4. The van der Waals surface area contributed by atoms with Gasteiger partial charge in [0.25, 0.3) is 0 Å². The average Bonchev–Trinajstić information content (AvgIpc) is 3.00. The fourth-order valence-corrected chi connectivity index (χ4v) is 4.35. The number of benzene rings is 1. The second-order valence-corrected chi connectivity index (χ2v) is 7.36. The van der Waals surface area contributed by atoms with E-state index in [0.29, 0.717) is 5.92 Å². The number of nitrogens with zero attached hydrogens (tertiary/aromatic N) is 1. The van der Waals surface area contributed by atoms with Crippen molar-refractivity contribution in [3.05, 3.63) is 60.8 Å². The summed E-state index contributed by atoms with van der Waals surface area (Å²) in [4.78, 5) is 8.03. The molecule has 1 aromatic carbocycles. The van der Waals surface area contributed by atoms with Gasteiger partial charge in [-0.3, -0.25) is 0 Å². The van der Waals surface area contributed by atoms with E-state index in [4.69, 9.17) is 12.2 Å². The van der Waals surface area contributed by atoms with Gasteiger partial charge in [0.05, 0.1) is 11.2 Å². The van der Waals surface area contributed by atoms with E-state index >= 15 is 0 Å². The first-order valence-corrected chi connectivity index (χ1v) is 8.84. The van der Waals surface area contributed by atoms with Gasteiger partial charge < -0.3 is 4.98 Å². The molecule has 0 spiro atoms. The van der Waals surface area contributed by atoms with Crippen LogP contribution in [0.4, 0.5) is 0 Å². The molecule has 3 heteroatoms. The summed E-state index contributed by atoms with van der Waals surface area (Å²) in [6, 6.07) is 8.46. The van der Waals surface area contributed by atoms with Crippen molar-refractivity contribution in [3.8, 4) is 0 Å². The molecule has 3 rings (SSSR count). The average molecular weight is 337 g/mol. The fraction of sp³-hybridized carbons (Fsp3) is 0.381. The molecule has 24 heavy (non-hydrogen) atoms. The van der Waals surface area contributed by atoms with Crippen LogP contribution in [-0.4, -0.2) is 16.2 Å². The van der Waals surface area contributed by atoms with E-state index in [2.05, 4.69) is 72.6 Å². The van der Waals surface area contributed by atoms with Crippen LogP contribution >= 0.6 is 12.2 Å². The van der Waals surface area contributed by atoms with Crippen LogP contribution in [0.3, 0.4) is 0 Å². The Bertz CT molecular complexity index is 827. The first kappa shape index (κ1) is 16.9. The SMILES string of the molecule is C=C[C@@]1(C)CC[C@H](C(=C)C)[C@@H](c2c[nH]c3ccccc23)[C@H]1N=C=S. The summed E-state index contributed by atoms with van der Waals surface area (Å²) in [6.07, 6.45) is 6.31. The molecule has 1 aliphatic rings. The molecule has 2 nitrogen and oxygen atoms in total. The molecule has 1 aliphatic carbocycles. The highest BCUT2D eigenvalue weighted by molar-refractivity contribution is 7.78. The van der Waals surface area contributed by atoms with Crippen LogP contribution in [0.1, 0.15) is 38.2 Å². The topological polar surface area (TPSA) is 28.1 Å². The van der Waals surface area contributed by atoms with Gasteiger partial charge in [0.1, 0.15) is 0 Å². The summed E-state index contributed by atoms with van der Waals surface area (Å²) in [6.45, 7) is 12.7. The lowest BCUT2D eigenvalue weighted by Crippen LogP contribution is -2.42. The molecule has 1 fully saturated rings. The van der Waals surface area contributed by atoms with E-state index in [1.807, 2.05) is 6.08 Å². The molecule has 0 bridgehead atoms. The summed E-state index contributed by atoms with van der Waals surface area (Å²) in [7, 11) is 0. The summed E-state index contributed by atoms with van der Waals surface area (Å²) < 4.78 is 0. The van der Waals surface area contributed by atoms with E-state index in [1.54, 1.807) is 0 Å². The Balaban J connectivity index is 2.21. The predicted molar refractivity (Wildman–Crippen MR) is 106 cm³/mol. The van der Waals surface area contributed by atoms with Crippen molar-refractivity contribution in [2.75, 3.05) is 0 Å². The first-order chi connectivity index (χ1) is 11.5. The molecule has 4 atom stereocenters. The third-order valence-corrected chi connectivity index (χ3v) is 5.82. The Hall–Kier alpha value is -1.96. The van der Waals surface area contributed by atoms with Crippen LogP contribution in [0.2, 0.25) is 0 Å². The molecule has 0 aliphatic heterocycles. The Morgan fingerprint density at radius 3 is 2.88 bits per heavy atom. The minimum Gasteiger partial charge on any atom is -0.361 e. The van der Waals surface area contributed by atoms with Crippen molar-refractivity contribution < 1.29 is 0 Å². The lowest BCUT2D eigenvalue weighted by Gasteiger charge is -2.46. The van der Waals surface area contributed by atoms with Crippen LogP contribution in [0.25, 0.3) is 10.9 Å². The molecule has 1 N–H and O–H groups in total. The molecule has 0 radical (unpaired) electrons.